The monoisotopic (exact) mass is 720 g/mol. The topological polar surface area (TPSA) is 15.7 Å². The number of anilines is 6. The van der Waals surface area contributed by atoms with Crippen molar-refractivity contribution in [1.82, 2.24) is 0 Å². The largest absolute Gasteiger partial charge is 0.453 e. The average Bonchev–Trinajstić information content (AvgIpc) is 3.54. The molecule has 2 aliphatic heterocycles. The van der Waals surface area contributed by atoms with E-state index in [0.29, 0.717) is 0 Å². The maximum Gasteiger partial charge on any atom is 0.151 e. The van der Waals surface area contributed by atoms with E-state index in [1.165, 1.54) is 55.8 Å². The van der Waals surface area contributed by atoms with Gasteiger partial charge in [0.25, 0.3) is 0 Å². The van der Waals surface area contributed by atoms with E-state index in [9.17, 15) is 0 Å². The van der Waals surface area contributed by atoms with Crippen LogP contribution in [0.4, 0.5) is 34.1 Å². The van der Waals surface area contributed by atoms with Gasteiger partial charge in [0.15, 0.2) is 11.5 Å². The molecule has 0 aromatic heterocycles. The van der Waals surface area contributed by atoms with Crippen molar-refractivity contribution < 1.29 is 4.74 Å². The Bertz CT molecular complexity index is 2790. The molecule has 0 saturated carbocycles. The highest BCUT2D eigenvalue weighted by Crippen LogP contribution is 2.62. The number of hydrogen-bond acceptors (Lipinski definition) is 3. The summed E-state index contributed by atoms with van der Waals surface area (Å²) in [7, 11) is 0. The molecule has 2 heterocycles. The van der Waals surface area contributed by atoms with Gasteiger partial charge in [0, 0.05) is 22.5 Å². The van der Waals surface area contributed by atoms with Crippen LogP contribution >= 0.6 is 0 Å². The van der Waals surface area contributed by atoms with Gasteiger partial charge in [-0.2, -0.15) is 0 Å². The van der Waals surface area contributed by atoms with Crippen LogP contribution in [0.2, 0.25) is 0 Å². The first-order chi connectivity index (χ1) is 27.5. The molecule has 0 amide bonds. The molecule has 8 aromatic carbocycles. The van der Waals surface area contributed by atoms with E-state index in [4.69, 9.17) is 4.74 Å². The van der Waals surface area contributed by atoms with Crippen LogP contribution in [0.1, 0.15) is 52.8 Å². The summed E-state index contributed by atoms with van der Waals surface area (Å²) in [5.41, 5.74) is 17.3. The van der Waals surface area contributed by atoms with Gasteiger partial charge in [0.1, 0.15) is 0 Å². The van der Waals surface area contributed by atoms with Gasteiger partial charge < -0.3 is 14.5 Å². The molecule has 1 aliphatic carbocycles. The lowest BCUT2D eigenvalue weighted by Crippen LogP contribution is -2.33. The van der Waals surface area contributed by atoms with Gasteiger partial charge in [-0.1, -0.05) is 147 Å². The smallest absolute Gasteiger partial charge is 0.151 e. The van der Waals surface area contributed by atoms with Crippen molar-refractivity contribution in [3.63, 3.8) is 0 Å². The summed E-state index contributed by atoms with van der Waals surface area (Å²) in [5, 5.41) is 0. The van der Waals surface area contributed by atoms with Crippen LogP contribution in [0.5, 0.6) is 11.5 Å². The van der Waals surface area contributed by atoms with Gasteiger partial charge in [-0.25, -0.2) is 0 Å². The highest BCUT2D eigenvalue weighted by molar-refractivity contribution is 5.96. The van der Waals surface area contributed by atoms with E-state index in [2.05, 4.69) is 219 Å². The van der Waals surface area contributed by atoms with Gasteiger partial charge in [-0.3, -0.25) is 0 Å². The Kier molecular flexibility index (Phi) is 7.03. The first-order valence-corrected chi connectivity index (χ1v) is 19.5. The lowest BCUT2D eigenvalue weighted by molar-refractivity contribution is 0.471. The molecule has 3 heteroatoms. The van der Waals surface area contributed by atoms with Crippen LogP contribution in [0, 0.1) is 6.92 Å². The van der Waals surface area contributed by atoms with E-state index in [0.717, 1.165) is 39.9 Å². The predicted molar refractivity (Wildman–Crippen MR) is 230 cm³/mol. The second kappa shape index (κ2) is 12.1. The fraction of sp³-hybridized carbons (Fsp3) is 0.0943. The average molecular weight is 721 g/mol. The Morgan fingerprint density at radius 3 is 1.71 bits per heavy atom. The van der Waals surface area contributed by atoms with Crippen molar-refractivity contribution in [2.75, 3.05) is 9.80 Å². The number of aryl methyl sites for hydroxylation is 1. The molecule has 0 fully saturated rings. The summed E-state index contributed by atoms with van der Waals surface area (Å²) in [4.78, 5) is 4.88. The SMILES string of the molecule is Cc1cccc2c1N1c3ccc(N(c4ccccc4)c4ccc5c(c4)C(c4ccccc4)(c4ccccc4)c4ccccc4-5)cc3C(C)(C)c3cccc(c31)O2. The number of rotatable bonds is 5. The van der Waals surface area contributed by atoms with E-state index < -0.39 is 5.41 Å². The van der Waals surface area contributed by atoms with Gasteiger partial charge in [-0.05, 0) is 112 Å². The molecule has 0 atom stereocenters. The van der Waals surface area contributed by atoms with Crippen LogP contribution in [0.25, 0.3) is 11.1 Å². The summed E-state index contributed by atoms with van der Waals surface area (Å²) in [6, 6.07) is 68.9. The van der Waals surface area contributed by atoms with Gasteiger partial charge in [-0.15, -0.1) is 0 Å². The molecule has 56 heavy (non-hydrogen) atoms. The minimum Gasteiger partial charge on any atom is -0.453 e. The number of hydrogen-bond donors (Lipinski definition) is 0. The molecule has 8 aromatic rings. The van der Waals surface area contributed by atoms with Crippen molar-refractivity contribution >= 4 is 34.1 Å². The first kappa shape index (κ1) is 32.6. The van der Waals surface area contributed by atoms with E-state index in [1.807, 2.05) is 0 Å². The molecular weight excluding hydrogens is 681 g/mol. The summed E-state index contributed by atoms with van der Waals surface area (Å²) >= 11 is 0. The Morgan fingerprint density at radius 1 is 0.446 bits per heavy atom. The summed E-state index contributed by atoms with van der Waals surface area (Å²) < 4.78 is 6.58. The number of benzene rings is 8. The summed E-state index contributed by atoms with van der Waals surface area (Å²) in [6.07, 6.45) is 0. The lowest BCUT2D eigenvalue weighted by atomic mass is 9.67. The van der Waals surface area contributed by atoms with Crippen molar-refractivity contribution in [2.24, 2.45) is 0 Å². The maximum atomic E-state index is 6.58. The van der Waals surface area contributed by atoms with Crippen molar-refractivity contribution in [3.8, 4) is 22.6 Å². The number of nitrogens with zero attached hydrogens (tertiary/aromatic N) is 2. The Labute approximate surface area is 328 Å². The minimum atomic E-state index is -0.492. The fourth-order valence-corrected chi connectivity index (χ4v) is 9.91. The maximum absolute atomic E-state index is 6.58. The Balaban J connectivity index is 1.15. The predicted octanol–water partition coefficient (Wildman–Crippen LogP) is 14.0. The van der Waals surface area contributed by atoms with Crippen LogP contribution in [-0.2, 0) is 10.8 Å². The quantitative estimate of drug-likeness (QED) is 0.176. The van der Waals surface area contributed by atoms with E-state index in [-0.39, 0.29) is 5.41 Å². The lowest BCUT2D eigenvalue weighted by Gasteiger charge is -2.45. The molecule has 11 rings (SSSR count). The fourth-order valence-electron chi connectivity index (χ4n) is 9.91. The number of fused-ring (bicyclic) bond motifs is 7. The molecule has 0 saturated heterocycles. The molecule has 268 valence electrons. The normalized spacial score (nSPS) is 14.7. The molecule has 0 N–H and O–H groups in total. The summed E-state index contributed by atoms with van der Waals surface area (Å²) in [6.45, 7) is 6.88. The van der Waals surface area contributed by atoms with Crippen LogP contribution in [0.3, 0.4) is 0 Å². The number of ether oxygens (including phenoxy) is 1. The molecule has 0 unspecified atom stereocenters. The van der Waals surface area contributed by atoms with Crippen LogP contribution < -0.4 is 14.5 Å². The molecule has 0 spiro atoms. The second-order valence-corrected chi connectivity index (χ2v) is 15.8. The highest BCUT2D eigenvalue weighted by Gasteiger charge is 2.47. The third-order valence-electron chi connectivity index (χ3n) is 12.4. The number of para-hydroxylation sites is 3. The second-order valence-electron chi connectivity index (χ2n) is 15.8. The third-order valence-corrected chi connectivity index (χ3v) is 12.4. The van der Waals surface area contributed by atoms with Gasteiger partial charge >= 0.3 is 0 Å². The zero-order chi connectivity index (χ0) is 37.6. The minimum absolute atomic E-state index is 0.297. The van der Waals surface area contributed by atoms with Crippen LogP contribution in [0.15, 0.2) is 188 Å². The van der Waals surface area contributed by atoms with E-state index >= 15 is 0 Å². The zero-order valence-corrected chi connectivity index (χ0v) is 31.7. The molecule has 3 nitrogen and oxygen atoms in total. The van der Waals surface area contributed by atoms with Crippen molar-refractivity contribution in [1.29, 1.82) is 0 Å². The van der Waals surface area contributed by atoms with Crippen molar-refractivity contribution in [2.45, 2.75) is 31.6 Å². The molecular formula is C53H40N2O. The van der Waals surface area contributed by atoms with E-state index in [1.54, 1.807) is 0 Å². The molecule has 0 bridgehead atoms. The summed E-state index contributed by atoms with van der Waals surface area (Å²) in [5.74, 6) is 1.78. The van der Waals surface area contributed by atoms with Crippen LogP contribution in [-0.4, -0.2) is 0 Å². The zero-order valence-electron chi connectivity index (χ0n) is 31.7. The standard InChI is InChI=1S/C53H40N2O/c1-35-17-15-27-48-50(35)55-47-32-30-40(34-46(47)52(2,3)44-26-16-28-49(56-48)51(44)55)54(38-22-11-6-12-23-38)39-29-31-42-41-24-13-14-25-43(41)53(45(42)33-39,36-18-7-4-8-19-36)37-20-9-5-10-21-37/h4-34H,1-3H3. The molecule has 3 aliphatic rings. The van der Waals surface area contributed by atoms with Gasteiger partial charge in [0.05, 0.1) is 22.5 Å². The first-order valence-electron chi connectivity index (χ1n) is 19.5. The van der Waals surface area contributed by atoms with Gasteiger partial charge in [0.2, 0.25) is 0 Å². The highest BCUT2D eigenvalue weighted by atomic mass is 16.5. The van der Waals surface area contributed by atoms with Crippen molar-refractivity contribution in [3.05, 3.63) is 227 Å². The Hall–Kier alpha value is -6.84. The third kappa shape index (κ3) is 4.46. The molecule has 0 radical (unpaired) electrons. The Morgan fingerprint density at radius 2 is 1.00 bits per heavy atom.